The van der Waals surface area contributed by atoms with Gasteiger partial charge in [0.15, 0.2) is 5.13 Å². The summed E-state index contributed by atoms with van der Waals surface area (Å²) < 4.78 is 22.6. The lowest BCUT2D eigenvalue weighted by Gasteiger charge is -2.30. The van der Waals surface area contributed by atoms with Crippen molar-refractivity contribution in [2.45, 2.75) is 13.0 Å². The number of ether oxygens (including phenoxy) is 1. The van der Waals surface area contributed by atoms with Gasteiger partial charge in [-0.3, -0.25) is 0 Å². The number of morpholine rings is 1. The summed E-state index contributed by atoms with van der Waals surface area (Å²) in [5.41, 5.74) is 5.90. The molecule has 0 radical (unpaired) electrons. The summed E-state index contributed by atoms with van der Waals surface area (Å²) in [5, 5.41) is 2.24. The summed E-state index contributed by atoms with van der Waals surface area (Å²) in [5.74, 6) is -0.177. The molecule has 1 fully saturated rings. The van der Waals surface area contributed by atoms with E-state index < -0.39 is 0 Å². The molecule has 1 saturated heterocycles. The van der Waals surface area contributed by atoms with E-state index >= 15 is 0 Å². The van der Waals surface area contributed by atoms with Gasteiger partial charge in [0.05, 0.1) is 28.9 Å². The summed E-state index contributed by atoms with van der Waals surface area (Å²) in [7, 11) is 2.05. The second kappa shape index (κ2) is 6.96. The summed E-state index contributed by atoms with van der Waals surface area (Å²) in [6.45, 7) is 5.16. The first-order valence-corrected chi connectivity index (χ1v) is 11.2. The predicted octanol–water partition coefficient (Wildman–Crippen LogP) is 4.33. The van der Waals surface area contributed by atoms with E-state index in [-0.39, 0.29) is 5.82 Å². The Kier molecular flexibility index (Phi) is 4.21. The van der Waals surface area contributed by atoms with Crippen molar-refractivity contribution in [2.75, 3.05) is 42.6 Å². The van der Waals surface area contributed by atoms with Crippen LogP contribution >= 0.6 is 11.3 Å². The maximum Gasteiger partial charge on any atom is 0.186 e. The number of fused-ring (bicyclic) bond motifs is 4. The highest BCUT2D eigenvalue weighted by Crippen LogP contribution is 2.36. The number of benzene rings is 2. The Morgan fingerprint density at radius 2 is 1.90 bits per heavy atom. The number of anilines is 2. The number of nitrogens with zero attached hydrogens (tertiary/aromatic N) is 4. The van der Waals surface area contributed by atoms with E-state index in [0.717, 1.165) is 67.4 Å². The van der Waals surface area contributed by atoms with Crippen molar-refractivity contribution in [1.82, 2.24) is 9.55 Å². The van der Waals surface area contributed by atoms with Crippen molar-refractivity contribution >= 4 is 43.3 Å². The topological polar surface area (TPSA) is 33.5 Å². The van der Waals surface area contributed by atoms with E-state index in [0.29, 0.717) is 0 Å². The van der Waals surface area contributed by atoms with Crippen LogP contribution in [0.25, 0.3) is 21.1 Å². The highest BCUT2D eigenvalue weighted by Gasteiger charge is 2.24. The van der Waals surface area contributed by atoms with Gasteiger partial charge in [-0.25, -0.2) is 9.37 Å². The summed E-state index contributed by atoms with van der Waals surface area (Å²) in [6.07, 6.45) is 0.960. The van der Waals surface area contributed by atoms with Gasteiger partial charge in [-0.2, -0.15) is 0 Å². The molecule has 0 N–H and O–H groups in total. The molecule has 0 saturated carbocycles. The second-order valence-electron chi connectivity index (χ2n) is 8.07. The van der Waals surface area contributed by atoms with Gasteiger partial charge in [-0.15, -0.1) is 0 Å². The Bertz CT molecular complexity index is 1260. The van der Waals surface area contributed by atoms with Gasteiger partial charge in [0, 0.05) is 62.0 Å². The Morgan fingerprint density at radius 3 is 2.77 bits per heavy atom. The van der Waals surface area contributed by atoms with Crippen LogP contribution in [0, 0.1) is 5.82 Å². The minimum Gasteiger partial charge on any atom is -0.378 e. The molecular formula is C23H23FN4OS. The fourth-order valence-electron chi connectivity index (χ4n) is 4.75. The molecule has 2 aliphatic rings. The lowest BCUT2D eigenvalue weighted by molar-refractivity contribution is 0.122. The zero-order valence-corrected chi connectivity index (χ0v) is 17.7. The van der Waals surface area contributed by atoms with Gasteiger partial charge < -0.3 is 19.1 Å². The molecule has 2 aromatic heterocycles. The van der Waals surface area contributed by atoms with Crippen LogP contribution in [0.15, 0.2) is 36.4 Å². The van der Waals surface area contributed by atoms with Gasteiger partial charge in [0.2, 0.25) is 0 Å². The molecule has 5 nitrogen and oxygen atoms in total. The van der Waals surface area contributed by atoms with Crippen LogP contribution in [0.4, 0.5) is 15.2 Å². The van der Waals surface area contributed by atoms with Crippen LogP contribution in [0.3, 0.4) is 0 Å². The van der Waals surface area contributed by atoms with Crippen molar-refractivity contribution < 1.29 is 9.13 Å². The van der Waals surface area contributed by atoms with Gasteiger partial charge >= 0.3 is 0 Å². The van der Waals surface area contributed by atoms with E-state index in [1.54, 1.807) is 23.5 Å². The van der Waals surface area contributed by atoms with Gasteiger partial charge in [-0.1, -0.05) is 11.3 Å². The lowest BCUT2D eigenvalue weighted by atomic mass is 10.0. The summed E-state index contributed by atoms with van der Waals surface area (Å²) in [4.78, 5) is 9.59. The van der Waals surface area contributed by atoms with Crippen LogP contribution in [0.1, 0.15) is 11.3 Å². The summed E-state index contributed by atoms with van der Waals surface area (Å²) in [6, 6.07) is 11.7. The van der Waals surface area contributed by atoms with E-state index in [2.05, 4.69) is 32.6 Å². The Balaban J connectivity index is 1.33. The number of hydrogen-bond acceptors (Lipinski definition) is 5. The van der Waals surface area contributed by atoms with Crippen molar-refractivity contribution in [3.63, 3.8) is 0 Å². The van der Waals surface area contributed by atoms with Crippen LogP contribution in [0.2, 0.25) is 0 Å². The van der Waals surface area contributed by atoms with Crippen molar-refractivity contribution in [3.8, 4) is 0 Å². The summed E-state index contributed by atoms with van der Waals surface area (Å²) >= 11 is 1.76. The van der Waals surface area contributed by atoms with Crippen LogP contribution in [0.5, 0.6) is 0 Å². The lowest BCUT2D eigenvalue weighted by Crippen LogP contribution is -2.36. The van der Waals surface area contributed by atoms with Crippen LogP contribution < -0.4 is 9.80 Å². The fraction of sp³-hybridized carbons (Fsp3) is 0.348. The van der Waals surface area contributed by atoms with E-state index in [1.165, 1.54) is 21.6 Å². The fourth-order valence-corrected chi connectivity index (χ4v) is 5.80. The molecule has 0 aliphatic carbocycles. The molecule has 4 aromatic rings. The molecule has 0 amide bonds. The van der Waals surface area contributed by atoms with E-state index in [9.17, 15) is 4.39 Å². The Labute approximate surface area is 178 Å². The first-order chi connectivity index (χ1) is 14.7. The maximum absolute atomic E-state index is 13.8. The molecule has 30 heavy (non-hydrogen) atoms. The van der Waals surface area contributed by atoms with Gasteiger partial charge in [-0.05, 0) is 36.4 Å². The first-order valence-electron chi connectivity index (χ1n) is 10.4. The smallest absolute Gasteiger partial charge is 0.186 e. The number of halogens is 1. The van der Waals surface area contributed by atoms with Crippen molar-refractivity contribution in [2.24, 2.45) is 7.05 Å². The molecule has 7 heteroatoms. The maximum atomic E-state index is 13.8. The Hall–Kier alpha value is -2.64. The van der Waals surface area contributed by atoms with Crippen molar-refractivity contribution in [3.05, 3.63) is 53.5 Å². The zero-order valence-electron chi connectivity index (χ0n) is 16.9. The quantitative estimate of drug-likeness (QED) is 0.482. The normalized spacial score (nSPS) is 17.1. The third-order valence-corrected chi connectivity index (χ3v) is 7.45. The number of aryl methyl sites for hydroxylation is 1. The second-order valence-corrected chi connectivity index (χ2v) is 9.07. The molecule has 0 spiro atoms. The molecule has 0 unspecified atom stereocenters. The van der Waals surface area contributed by atoms with Crippen LogP contribution in [-0.2, 0) is 24.8 Å². The monoisotopic (exact) mass is 422 g/mol. The molecular weight excluding hydrogens is 399 g/mol. The third-order valence-electron chi connectivity index (χ3n) is 6.37. The molecule has 0 atom stereocenters. The minimum absolute atomic E-state index is 0.177. The van der Waals surface area contributed by atoms with E-state index in [1.807, 2.05) is 13.1 Å². The van der Waals surface area contributed by atoms with E-state index in [4.69, 9.17) is 9.72 Å². The Morgan fingerprint density at radius 1 is 1.03 bits per heavy atom. The molecule has 4 heterocycles. The molecule has 0 bridgehead atoms. The predicted molar refractivity (Wildman–Crippen MR) is 120 cm³/mol. The first kappa shape index (κ1) is 18.2. The largest absolute Gasteiger partial charge is 0.378 e. The number of rotatable bonds is 2. The number of hydrogen-bond donors (Lipinski definition) is 0. The average molecular weight is 423 g/mol. The van der Waals surface area contributed by atoms with Crippen LogP contribution in [-0.4, -0.2) is 42.4 Å². The van der Waals surface area contributed by atoms with Crippen molar-refractivity contribution in [1.29, 1.82) is 0 Å². The minimum atomic E-state index is -0.177. The standard InChI is InChI=1S/C23H23FN4OS/c1-26-20-6-7-28(14-18(20)17-4-2-15(24)12-21(17)26)16-3-5-19-22(13-16)30-23(25-19)27-8-10-29-11-9-27/h2-5,12-13H,6-11,14H2,1H3. The highest BCUT2D eigenvalue weighted by molar-refractivity contribution is 7.22. The number of thiazole rings is 1. The molecule has 154 valence electrons. The number of aromatic nitrogens is 2. The van der Waals surface area contributed by atoms with Gasteiger partial charge in [0.1, 0.15) is 5.82 Å². The average Bonchev–Trinajstić information content (AvgIpc) is 3.33. The third kappa shape index (κ3) is 2.87. The SMILES string of the molecule is Cn1c2c(c3ccc(F)cc31)CN(c1ccc3nc(N4CCOCC4)sc3c1)CC2. The molecule has 2 aliphatic heterocycles. The zero-order chi connectivity index (χ0) is 20.2. The molecule has 6 rings (SSSR count). The molecule has 2 aromatic carbocycles. The highest BCUT2D eigenvalue weighted by atomic mass is 32.1. The van der Waals surface area contributed by atoms with Gasteiger partial charge in [0.25, 0.3) is 0 Å².